The third-order valence-corrected chi connectivity index (χ3v) is 4.13. The van der Waals surface area contributed by atoms with Gasteiger partial charge in [-0.2, -0.15) is 5.26 Å². The first-order valence-electron chi connectivity index (χ1n) is 7.76. The number of nitrogens with zero attached hydrogens (tertiary/aromatic N) is 1. The normalized spacial score (nSPS) is 18.3. The monoisotopic (exact) mass is 319 g/mol. The summed E-state index contributed by atoms with van der Waals surface area (Å²) in [5, 5.41) is 14.5. The predicted molar refractivity (Wildman–Crippen MR) is 91.2 cm³/mol. The molecular formula is C19H17N3O2. The van der Waals surface area contributed by atoms with Gasteiger partial charge in [0, 0.05) is 11.4 Å². The molecule has 0 aliphatic heterocycles. The van der Waals surface area contributed by atoms with Crippen molar-refractivity contribution in [3.05, 3.63) is 59.7 Å². The summed E-state index contributed by atoms with van der Waals surface area (Å²) in [5.74, 6) is -0.936. The van der Waals surface area contributed by atoms with Crippen LogP contribution in [0.5, 0.6) is 0 Å². The highest BCUT2D eigenvalue weighted by molar-refractivity contribution is 6.03. The summed E-state index contributed by atoms with van der Waals surface area (Å²) >= 11 is 0. The van der Waals surface area contributed by atoms with E-state index >= 15 is 0 Å². The zero-order valence-electron chi connectivity index (χ0n) is 13.2. The van der Waals surface area contributed by atoms with Gasteiger partial charge in [-0.3, -0.25) is 9.59 Å². The minimum absolute atomic E-state index is 0.129. The molecule has 2 N–H and O–H groups in total. The van der Waals surface area contributed by atoms with Crippen molar-refractivity contribution in [3.8, 4) is 6.07 Å². The van der Waals surface area contributed by atoms with Gasteiger partial charge in [0.25, 0.3) is 0 Å². The maximum Gasteiger partial charge on any atom is 0.228 e. The molecule has 3 rings (SSSR count). The number of rotatable bonds is 4. The topological polar surface area (TPSA) is 82.0 Å². The van der Waals surface area contributed by atoms with E-state index in [1.165, 1.54) is 0 Å². The first-order valence-corrected chi connectivity index (χ1v) is 7.76. The summed E-state index contributed by atoms with van der Waals surface area (Å²) in [5.41, 5.74) is 2.82. The number of carbonyl (C=O) groups is 2. The maximum atomic E-state index is 12.3. The number of nitrogens with one attached hydrogen (secondary N) is 2. The number of benzene rings is 2. The van der Waals surface area contributed by atoms with E-state index in [0.29, 0.717) is 17.7 Å². The van der Waals surface area contributed by atoms with Crippen molar-refractivity contribution in [2.75, 3.05) is 10.6 Å². The van der Waals surface area contributed by atoms with E-state index < -0.39 is 0 Å². The summed E-state index contributed by atoms with van der Waals surface area (Å²) < 4.78 is 0. The molecule has 2 atom stereocenters. The molecule has 0 bridgehead atoms. The Morgan fingerprint density at radius 3 is 2.46 bits per heavy atom. The summed E-state index contributed by atoms with van der Waals surface area (Å²) in [7, 11) is 0. The fourth-order valence-corrected chi connectivity index (χ4v) is 2.61. The molecule has 1 saturated carbocycles. The van der Waals surface area contributed by atoms with Crippen LogP contribution in [0, 0.1) is 30.1 Å². The van der Waals surface area contributed by atoms with E-state index in [1.54, 1.807) is 24.3 Å². The molecule has 5 nitrogen and oxygen atoms in total. The fraction of sp³-hybridized carbons (Fsp3) is 0.211. The zero-order valence-corrected chi connectivity index (χ0v) is 13.2. The van der Waals surface area contributed by atoms with E-state index in [4.69, 9.17) is 5.26 Å². The summed E-state index contributed by atoms with van der Waals surface area (Å²) in [4.78, 5) is 24.5. The van der Waals surface area contributed by atoms with Crippen LogP contribution in [0.1, 0.15) is 17.5 Å². The van der Waals surface area contributed by atoms with Crippen LogP contribution in [0.2, 0.25) is 0 Å². The number of hydrogen-bond acceptors (Lipinski definition) is 3. The quantitative estimate of drug-likeness (QED) is 0.908. The van der Waals surface area contributed by atoms with Gasteiger partial charge in [0.2, 0.25) is 11.8 Å². The largest absolute Gasteiger partial charge is 0.326 e. The molecule has 0 heterocycles. The molecule has 1 aliphatic rings. The lowest BCUT2D eigenvalue weighted by atomic mass is 10.2. The summed E-state index contributed by atoms with van der Waals surface area (Å²) in [6.45, 7) is 1.93. The van der Waals surface area contributed by atoms with Gasteiger partial charge in [0.15, 0.2) is 0 Å². The number of para-hydroxylation sites is 1. The Kier molecular flexibility index (Phi) is 4.30. The molecule has 0 radical (unpaired) electrons. The Hall–Kier alpha value is -3.13. The summed E-state index contributed by atoms with van der Waals surface area (Å²) in [6.07, 6.45) is 0.543. The minimum Gasteiger partial charge on any atom is -0.326 e. The van der Waals surface area contributed by atoms with E-state index in [1.807, 2.05) is 37.3 Å². The van der Waals surface area contributed by atoms with Crippen molar-refractivity contribution in [3.63, 3.8) is 0 Å². The van der Waals surface area contributed by atoms with Crippen LogP contribution < -0.4 is 10.6 Å². The Morgan fingerprint density at radius 1 is 1.04 bits per heavy atom. The van der Waals surface area contributed by atoms with Crippen LogP contribution in [-0.2, 0) is 9.59 Å². The Morgan fingerprint density at radius 2 is 1.75 bits per heavy atom. The van der Waals surface area contributed by atoms with Gasteiger partial charge in [-0.25, -0.2) is 0 Å². The zero-order chi connectivity index (χ0) is 17.1. The number of carbonyl (C=O) groups excluding carboxylic acids is 2. The van der Waals surface area contributed by atoms with E-state index in [9.17, 15) is 9.59 Å². The molecule has 0 aromatic heterocycles. The molecule has 0 saturated heterocycles. The van der Waals surface area contributed by atoms with E-state index in [-0.39, 0.29) is 23.7 Å². The second-order valence-corrected chi connectivity index (χ2v) is 5.93. The van der Waals surface area contributed by atoms with Gasteiger partial charge < -0.3 is 10.6 Å². The van der Waals surface area contributed by atoms with Crippen molar-refractivity contribution in [2.24, 2.45) is 11.8 Å². The van der Waals surface area contributed by atoms with Crippen LogP contribution in [0.15, 0.2) is 48.5 Å². The lowest BCUT2D eigenvalue weighted by Crippen LogP contribution is -2.20. The van der Waals surface area contributed by atoms with Crippen LogP contribution >= 0.6 is 0 Å². The number of nitriles is 1. The van der Waals surface area contributed by atoms with Crippen LogP contribution in [0.25, 0.3) is 0 Å². The molecule has 2 amide bonds. The fourth-order valence-electron chi connectivity index (χ4n) is 2.61. The van der Waals surface area contributed by atoms with E-state index in [2.05, 4.69) is 10.6 Å². The highest BCUT2D eigenvalue weighted by Gasteiger charge is 2.48. The van der Waals surface area contributed by atoms with E-state index in [0.717, 1.165) is 11.3 Å². The van der Waals surface area contributed by atoms with Crippen LogP contribution in [0.3, 0.4) is 0 Å². The van der Waals surface area contributed by atoms with Gasteiger partial charge >= 0.3 is 0 Å². The number of amides is 2. The van der Waals surface area contributed by atoms with Crippen molar-refractivity contribution in [2.45, 2.75) is 13.3 Å². The Balaban J connectivity index is 1.58. The minimum atomic E-state index is -0.320. The average Bonchev–Trinajstić information content (AvgIpc) is 3.38. The van der Waals surface area contributed by atoms with Crippen LogP contribution in [-0.4, -0.2) is 11.8 Å². The van der Waals surface area contributed by atoms with Gasteiger partial charge in [0.1, 0.15) is 0 Å². The highest BCUT2D eigenvalue weighted by Crippen LogP contribution is 2.40. The SMILES string of the molecule is Cc1ccccc1NC(=O)C1CC1C(=O)Nc1cccc(C#N)c1. The van der Waals surface area contributed by atoms with Crippen molar-refractivity contribution in [1.82, 2.24) is 0 Å². The van der Waals surface area contributed by atoms with Gasteiger partial charge in [0.05, 0.1) is 23.5 Å². The number of hydrogen-bond donors (Lipinski definition) is 2. The molecule has 2 aromatic rings. The maximum absolute atomic E-state index is 12.3. The van der Waals surface area contributed by atoms with Crippen molar-refractivity contribution < 1.29 is 9.59 Å². The van der Waals surface area contributed by atoms with Crippen molar-refractivity contribution in [1.29, 1.82) is 5.26 Å². The first-order chi connectivity index (χ1) is 11.6. The molecule has 1 aliphatic carbocycles. The molecule has 0 spiro atoms. The Bertz CT molecular complexity index is 839. The van der Waals surface area contributed by atoms with Gasteiger partial charge in [-0.1, -0.05) is 24.3 Å². The number of anilines is 2. The molecule has 120 valence electrons. The molecule has 24 heavy (non-hydrogen) atoms. The first kappa shape index (κ1) is 15.8. The summed E-state index contributed by atoms with van der Waals surface area (Å²) in [6, 6.07) is 16.3. The van der Waals surface area contributed by atoms with Gasteiger partial charge in [-0.15, -0.1) is 0 Å². The molecule has 2 unspecified atom stereocenters. The van der Waals surface area contributed by atoms with Crippen molar-refractivity contribution >= 4 is 23.2 Å². The molecule has 2 aromatic carbocycles. The molecule has 5 heteroatoms. The smallest absolute Gasteiger partial charge is 0.228 e. The highest BCUT2D eigenvalue weighted by atomic mass is 16.2. The number of aryl methyl sites for hydroxylation is 1. The molecular weight excluding hydrogens is 302 g/mol. The van der Waals surface area contributed by atoms with Gasteiger partial charge in [-0.05, 0) is 43.2 Å². The standard InChI is InChI=1S/C19H17N3O2/c1-12-5-2-3-8-17(12)22-19(24)16-10-15(16)18(23)21-14-7-4-6-13(9-14)11-20/h2-9,15-16H,10H2,1H3,(H,21,23)(H,22,24). The second-order valence-electron chi connectivity index (χ2n) is 5.93. The molecule has 1 fully saturated rings. The lowest BCUT2D eigenvalue weighted by molar-refractivity contribution is -0.122. The third kappa shape index (κ3) is 3.44. The Labute approximate surface area is 140 Å². The second kappa shape index (κ2) is 6.55. The third-order valence-electron chi connectivity index (χ3n) is 4.13. The average molecular weight is 319 g/mol. The lowest BCUT2D eigenvalue weighted by Gasteiger charge is -2.08. The predicted octanol–water partition coefficient (Wildman–Crippen LogP) is 3.08. The van der Waals surface area contributed by atoms with Crippen LogP contribution in [0.4, 0.5) is 11.4 Å².